The van der Waals surface area contributed by atoms with Crippen LogP contribution in [0.15, 0.2) is 48.5 Å². The zero-order valence-electron chi connectivity index (χ0n) is 13.8. The zero-order chi connectivity index (χ0) is 17.4. The molecular weight excluding hydrogens is 319 g/mol. The first-order chi connectivity index (χ1) is 12.1. The highest BCUT2D eigenvalue weighted by Gasteiger charge is 2.27. The smallest absolute Gasteiger partial charge is 0.259 e. The molecule has 6 heteroatoms. The fraction of sp³-hybridized carbons (Fsp3) is 0.211. The van der Waals surface area contributed by atoms with E-state index in [0.29, 0.717) is 23.7 Å². The lowest BCUT2D eigenvalue weighted by molar-refractivity contribution is 0.0986. The van der Waals surface area contributed by atoms with Crippen molar-refractivity contribution in [1.29, 1.82) is 0 Å². The second kappa shape index (κ2) is 6.12. The van der Waals surface area contributed by atoms with Crippen molar-refractivity contribution in [2.24, 2.45) is 0 Å². The number of para-hydroxylation sites is 2. The van der Waals surface area contributed by atoms with Crippen LogP contribution in [0.2, 0.25) is 0 Å². The highest BCUT2D eigenvalue weighted by atomic mass is 19.1. The Kier molecular flexibility index (Phi) is 3.80. The van der Waals surface area contributed by atoms with Crippen molar-refractivity contribution < 1.29 is 9.18 Å². The second-order valence-electron chi connectivity index (χ2n) is 6.10. The van der Waals surface area contributed by atoms with Gasteiger partial charge in [-0.15, -0.1) is 0 Å². The van der Waals surface area contributed by atoms with E-state index in [4.69, 9.17) is 4.98 Å². The van der Waals surface area contributed by atoms with Gasteiger partial charge < -0.3 is 4.90 Å². The molecule has 0 fully saturated rings. The molecule has 1 aliphatic heterocycles. The van der Waals surface area contributed by atoms with Crippen LogP contribution >= 0.6 is 0 Å². The summed E-state index contributed by atoms with van der Waals surface area (Å²) in [5.74, 6) is 0.497. The molecule has 2 heterocycles. The van der Waals surface area contributed by atoms with Crippen LogP contribution in [-0.2, 0) is 0 Å². The standard InChI is InChI=1S/C19H17FN4O/c1-23-10-5-11-24(19(25)13-6-4-7-14(20)12-13)18-17(23)21-15-8-2-3-9-16(15)22-18/h2-4,6-9,12H,5,10-11H2,1H3. The lowest BCUT2D eigenvalue weighted by Crippen LogP contribution is -2.32. The van der Waals surface area contributed by atoms with Gasteiger partial charge in [-0.3, -0.25) is 9.69 Å². The van der Waals surface area contributed by atoms with Crippen LogP contribution in [0.3, 0.4) is 0 Å². The van der Waals surface area contributed by atoms with E-state index in [1.807, 2.05) is 36.2 Å². The molecule has 0 saturated heterocycles. The number of carbonyl (C=O) groups excluding carboxylic acids is 1. The number of amides is 1. The van der Waals surface area contributed by atoms with E-state index < -0.39 is 5.82 Å². The number of hydrogen-bond acceptors (Lipinski definition) is 4. The molecule has 3 aromatic rings. The van der Waals surface area contributed by atoms with Gasteiger partial charge in [0.25, 0.3) is 5.91 Å². The number of rotatable bonds is 1. The molecule has 0 N–H and O–H groups in total. The van der Waals surface area contributed by atoms with Crippen molar-refractivity contribution >= 4 is 28.6 Å². The maximum absolute atomic E-state index is 13.5. The van der Waals surface area contributed by atoms with Crippen molar-refractivity contribution in [2.45, 2.75) is 6.42 Å². The Labute approximate surface area is 144 Å². The number of carbonyl (C=O) groups is 1. The third-order valence-corrected chi connectivity index (χ3v) is 4.34. The van der Waals surface area contributed by atoms with Gasteiger partial charge in [0, 0.05) is 25.7 Å². The number of hydrogen-bond donors (Lipinski definition) is 0. The van der Waals surface area contributed by atoms with Gasteiger partial charge in [0.15, 0.2) is 11.6 Å². The number of anilines is 2. The lowest BCUT2D eigenvalue weighted by atomic mass is 10.2. The van der Waals surface area contributed by atoms with Gasteiger partial charge in [-0.2, -0.15) is 0 Å². The van der Waals surface area contributed by atoms with Gasteiger partial charge in [0.05, 0.1) is 11.0 Å². The van der Waals surface area contributed by atoms with Crippen LogP contribution in [0, 0.1) is 5.82 Å². The summed E-state index contributed by atoms with van der Waals surface area (Å²) in [6.07, 6.45) is 0.784. The number of nitrogens with zero attached hydrogens (tertiary/aromatic N) is 4. The molecular formula is C19H17FN4O. The van der Waals surface area contributed by atoms with Crippen LogP contribution < -0.4 is 9.80 Å². The molecule has 25 heavy (non-hydrogen) atoms. The largest absolute Gasteiger partial charge is 0.357 e. The highest BCUT2D eigenvalue weighted by Crippen LogP contribution is 2.31. The summed E-state index contributed by atoms with van der Waals surface area (Å²) in [5, 5.41) is 0. The fourth-order valence-electron chi connectivity index (χ4n) is 3.07. The van der Waals surface area contributed by atoms with Crippen LogP contribution in [0.5, 0.6) is 0 Å². The minimum atomic E-state index is -0.428. The third kappa shape index (κ3) is 2.80. The van der Waals surface area contributed by atoms with Gasteiger partial charge in [-0.25, -0.2) is 14.4 Å². The Morgan fingerprint density at radius 3 is 2.44 bits per heavy atom. The summed E-state index contributed by atoms with van der Waals surface area (Å²) in [6.45, 7) is 1.28. The molecule has 0 unspecified atom stereocenters. The number of benzene rings is 2. The summed E-state index contributed by atoms with van der Waals surface area (Å²) in [5.41, 5.74) is 1.83. The van der Waals surface area contributed by atoms with Crippen LogP contribution in [-0.4, -0.2) is 36.0 Å². The third-order valence-electron chi connectivity index (χ3n) is 4.34. The molecule has 1 aromatic heterocycles. The second-order valence-corrected chi connectivity index (χ2v) is 6.10. The van der Waals surface area contributed by atoms with E-state index in [0.717, 1.165) is 24.0 Å². The summed E-state index contributed by atoms with van der Waals surface area (Å²) < 4.78 is 13.5. The summed E-state index contributed by atoms with van der Waals surface area (Å²) in [4.78, 5) is 26.0. The molecule has 4 rings (SSSR count). The minimum Gasteiger partial charge on any atom is -0.357 e. The van der Waals surface area contributed by atoms with Gasteiger partial charge >= 0.3 is 0 Å². The Balaban J connectivity index is 1.85. The lowest BCUT2D eigenvalue weighted by Gasteiger charge is -2.23. The van der Waals surface area contributed by atoms with Gasteiger partial charge in [-0.1, -0.05) is 18.2 Å². The van der Waals surface area contributed by atoms with Crippen molar-refractivity contribution in [3.63, 3.8) is 0 Å². The van der Waals surface area contributed by atoms with Crippen LogP contribution in [0.1, 0.15) is 16.8 Å². The van der Waals surface area contributed by atoms with E-state index >= 15 is 0 Å². The predicted octanol–water partition coefficient (Wildman–Crippen LogP) is 3.26. The molecule has 0 bridgehead atoms. The Morgan fingerprint density at radius 1 is 1.00 bits per heavy atom. The molecule has 0 atom stereocenters. The molecule has 0 saturated carbocycles. The summed E-state index contributed by atoms with van der Waals surface area (Å²) in [6, 6.07) is 13.3. The van der Waals surface area contributed by atoms with Crippen molar-refractivity contribution in [2.75, 3.05) is 29.9 Å². The van der Waals surface area contributed by atoms with E-state index in [1.54, 1.807) is 17.0 Å². The molecule has 0 spiro atoms. The maximum atomic E-state index is 13.5. The minimum absolute atomic E-state index is 0.263. The molecule has 126 valence electrons. The van der Waals surface area contributed by atoms with Gasteiger partial charge in [0.2, 0.25) is 0 Å². The predicted molar refractivity (Wildman–Crippen MR) is 95.5 cm³/mol. The fourth-order valence-corrected chi connectivity index (χ4v) is 3.07. The molecule has 0 aliphatic carbocycles. The average Bonchev–Trinajstić information content (AvgIpc) is 2.78. The van der Waals surface area contributed by atoms with Gasteiger partial charge in [-0.05, 0) is 36.8 Å². The molecule has 0 radical (unpaired) electrons. The van der Waals surface area contributed by atoms with E-state index in [2.05, 4.69) is 4.98 Å². The topological polar surface area (TPSA) is 49.3 Å². The van der Waals surface area contributed by atoms with E-state index in [1.165, 1.54) is 12.1 Å². The molecule has 2 aromatic carbocycles. The monoisotopic (exact) mass is 336 g/mol. The Morgan fingerprint density at radius 2 is 1.72 bits per heavy atom. The van der Waals surface area contributed by atoms with Crippen molar-refractivity contribution in [3.05, 3.63) is 59.9 Å². The van der Waals surface area contributed by atoms with E-state index in [9.17, 15) is 9.18 Å². The summed E-state index contributed by atoms with van der Waals surface area (Å²) >= 11 is 0. The maximum Gasteiger partial charge on any atom is 0.259 e. The number of fused-ring (bicyclic) bond motifs is 2. The van der Waals surface area contributed by atoms with E-state index in [-0.39, 0.29) is 5.91 Å². The number of aromatic nitrogens is 2. The molecule has 1 amide bonds. The first-order valence-electron chi connectivity index (χ1n) is 8.19. The first kappa shape index (κ1) is 15.5. The quantitative estimate of drug-likeness (QED) is 0.684. The highest BCUT2D eigenvalue weighted by molar-refractivity contribution is 6.07. The number of halogens is 1. The SMILES string of the molecule is CN1CCCN(C(=O)c2cccc(F)c2)c2nc3ccccc3nc21. The zero-order valence-corrected chi connectivity index (χ0v) is 13.8. The normalized spacial score (nSPS) is 14.3. The average molecular weight is 336 g/mol. The Bertz CT molecular complexity index is 959. The van der Waals surface area contributed by atoms with Crippen molar-refractivity contribution in [1.82, 2.24) is 9.97 Å². The first-order valence-corrected chi connectivity index (χ1v) is 8.19. The van der Waals surface area contributed by atoms with Gasteiger partial charge in [0.1, 0.15) is 5.82 Å². The van der Waals surface area contributed by atoms with Crippen LogP contribution in [0.25, 0.3) is 11.0 Å². The summed E-state index contributed by atoms with van der Waals surface area (Å²) in [7, 11) is 1.94. The van der Waals surface area contributed by atoms with Crippen molar-refractivity contribution in [3.8, 4) is 0 Å². The molecule has 1 aliphatic rings. The molecule has 5 nitrogen and oxygen atoms in total. The Hall–Kier alpha value is -3.02. The van der Waals surface area contributed by atoms with Crippen LogP contribution in [0.4, 0.5) is 16.0 Å².